The van der Waals surface area contributed by atoms with Crippen molar-refractivity contribution in [3.63, 3.8) is 0 Å². The van der Waals surface area contributed by atoms with Gasteiger partial charge < -0.3 is 4.74 Å². The van der Waals surface area contributed by atoms with E-state index in [-0.39, 0.29) is 23.7 Å². The lowest BCUT2D eigenvalue weighted by atomic mass is 10.2. The van der Waals surface area contributed by atoms with E-state index < -0.39 is 11.9 Å². The molecule has 0 unspecified atom stereocenters. The van der Waals surface area contributed by atoms with Gasteiger partial charge in [0.15, 0.2) is 0 Å². The first-order chi connectivity index (χ1) is 15.0. The highest BCUT2D eigenvalue weighted by Crippen LogP contribution is 2.17. The highest BCUT2D eigenvalue weighted by molar-refractivity contribution is 6.30. The van der Waals surface area contributed by atoms with Crippen molar-refractivity contribution < 1.29 is 13.9 Å². The molecule has 0 spiro atoms. The number of fused-ring (bicyclic) bond motifs is 1. The van der Waals surface area contributed by atoms with Gasteiger partial charge in [-0.3, -0.25) is 14.7 Å². The number of aromatic nitrogens is 2. The molecule has 0 fully saturated rings. The summed E-state index contributed by atoms with van der Waals surface area (Å²) in [7, 11) is 0. The van der Waals surface area contributed by atoms with Gasteiger partial charge in [0.25, 0.3) is 5.56 Å². The first-order valence-electron chi connectivity index (χ1n) is 9.40. The van der Waals surface area contributed by atoms with Gasteiger partial charge in [0.2, 0.25) is 0 Å². The number of carbonyl (C=O) groups is 1. The average molecular weight is 438 g/mol. The summed E-state index contributed by atoms with van der Waals surface area (Å²) >= 11 is 5.70. The second-order valence-electron chi connectivity index (χ2n) is 6.84. The number of amides is 1. The maximum atomic E-state index is 13.7. The minimum Gasteiger partial charge on any atom is -0.444 e. The molecule has 0 bridgehead atoms. The zero-order valence-electron chi connectivity index (χ0n) is 16.2. The highest BCUT2D eigenvalue weighted by Gasteiger charge is 2.09. The molecule has 0 aliphatic heterocycles. The molecule has 1 N–H and O–H groups in total. The number of ether oxygens (including phenoxy) is 1. The molecule has 0 aliphatic rings. The molecule has 0 radical (unpaired) electrons. The number of hydrogen-bond acceptors (Lipinski definition) is 4. The second kappa shape index (κ2) is 8.97. The molecule has 0 aliphatic carbocycles. The van der Waals surface area contributed by atoms with E-state index in [0.717, 1.165) is 5.56 Å². The molecular weight excluding hydrogens is 421 g/mol. The van der Waals surface area contributed by atoms with Gasteiger partial charge in [-0.1, -0.05) is 48.0 Å². The maximum absolute atomic E-state index is 13.7. The third kappa shape index (κ3) is 4.90. The summed E-state index contributed by atoms with van der Waals surface area (Å²) in [6.45, 7) is 0.302. The third-order valence-electron chi connectivity index (χ3n) is 4.62. The Morgan fingerprint density at radius 1 is 1.06 bits per heavy atom. The molecule has 1 heterocycles. The topological polar surface area (TPSA) is 73.2 Å². The van der Waals surface area contributed by atoms with Crippen LogP contribution in [0.3, 0.4) is 0 Å². The predicted molar refractivity (Wildman–Crippen MR) is 117 cm³/mol. The summed E-state index contributed by atoms with van der Waals surface area (Å²) in [5, 5.41) is 3.02. The Bertz CT molecular complexity index is 1310. The first-order valence-corrected chi connectivity index (χ1v) is 9.78. The molecule has 1 aromatic heterocycles. The Balaban J connectivity index is 1.48. The Labute approximate surface area is 181 Å². The molecule has 4 rings (SSSR count). The molecule has 0 atom stereocenters. The molecule has 1 amide bonds. The van der Waals surface area contributed by atoms with Crippen molar-refractivity contribution in [2.45, 2.75) is 13.2 Å². The summed E-state index contributed by atoms with van der Waals surface area (Å²) in [4.78, 5) is 29.1. The van der Waals surface area contributed by atoms with Crippen LogP contribution in [-0.2, 0) is 17.9 Å². The summed E-state index contributed by atoms with van der Waals surface area (Å²) in [5.74, 6) is -0.546. The first kappa shape index (κ1) is 20.6. The molecule has 156 valence electrons. The van der Waals surface area contributed by atoms with Crippen LogP contribution in [0.5, 0.6) is 0 Å². The van der Waals surface area contributed by atoms with Crippen LogP contribution in [0, 0.1) is 5.82 Å². The van der Waals surface area contributed by atoms with Crippen molar-refractivity contribution in [1.82, 2.24) is 9.55 Å². The quantitative estimate of drug-likeness (QED) is 0.477. The fourth-order valence-electron chi connectivity index (χ4n) is 3.06. The van der Waals surface area contributed by atoms with E-state index in [9.17, 15) is 14.0 Å². The number of hydrogen-bond donors (Lipinski definition) is 1. The minimum atomic E-state index is -0.610. The summed E-state index contributed by atoms with van der Waals surface area (Å²) in [6.07, 6.45) is 0.774. The monoisotopic (exact) mass is 437 g/mol. The van der Waals surface area contributed by atoms with Crippen LogP contribution >= 0.6 is 11.6 Å². The summed E-state index contributed by atoms with van der Waals surface area (Å²) in [5.41, 5.74) is 2.06. The number of nitrogens with one attached hydrogen (secondary N) is 1. The summed E-state index contributed by atoms with van der Waals surface area (Å²) < 4.78 is 20.2. The van der Waals surface area contributed by atoms with Crippen LogP contribution in [0.1, 0.15) is 11.1 Å². The van der Waals surface area contributed by atoms with Gasteiger partial charge in [-0.2, -0.15) is 0 Å². The van der Waals surface area contributed by atoms with Gasteiger partial charge in [-0.25, -0.2) is 14.2 Å². The van der Waals surface area contributed by atoms with Crippen molar-refractivity contribution >= 4 is 34.3 Å². The zero-order valence-corrected chi connectivity index (χ0v) is 17.0. The van der Waals surface area contributed by atoms with Crippen LogP contribution in [0.2, 0.25) is 5.02 Å². The number of halogens is 2. The largest absolute Gasteiger partial charge is 0.444 e. The molecule has 0 saturated carbocycles. The molecule has 6 nitrogen and oxygen atoms in total. The van der Waals surface area contributed by atoms with E-state index in [1.807, 2.05) is 30.3 Å². The normalized spacial score (nSPS) is 10.8. The van der Waals surface area contributed by atoms with E-state index in [4.69, 9.17) is 16.3 Å². The smallest absolute Gasteiger partial charge is 0.411 e. The van der Waals surface area contributed by atoms with Gasteiger partial charge in [0.1, 0.15) is 12.4 Å². The Morgan fingerprint density at radius 2 is 1.87 bits per heavy atom. The van der Waals surface area contributed by atoms with Crippen LogP contribution in [0.4, 0.5) is 14.9 Å². The highest BCUT2D eigenvalue weighted by atomic mass is 35.5. The van der Waals surface area contributed by atoms with E-state index in [1.54, 1.807) is 24.3 Å². The van der Waals surface area contributed by atoms with Crippen LogP contribution in [0.25, 0.3) is 10.9 Å². The lowest BCUT2D eigenvalue weighted by Crippen LogP contribution is -2.21. The van der Waals surface area contributed by atoms with E-state index in [0.29, 0.717) is 22.2 Å². The van der Waals surface area contributed by atoms with Gasteiger partial charge in [-0.05, 0) is 41.5 Å². The van der Waals surface area contributed by atoms with Gasteiger partial charge in [-0.15, -0.1) is 0 Å². The number of carbonyl (C=O) groups excluding carboxylic acids is 1. The molecular formula is C23H17ClFN3O3. The fourth-order valence-corrected chi connectivity index (χ4v) is 3.18. The van der Waals surface area contributed by atoms with E-state index in [1.165, 1.54) is 23.0 Å². The molecule has 8 heteroatoms. The Morgan fingerprint density at radius 3 is 2.65 bits per heavy atom. The van der Waals surface area contributed by atoms with E-state index >= 15 is 0 Å². The average Bonchev–Trinajstić information content (AvgIpc) is 2.77. The second-order valence-corrected chi connectivity index (χ2v) is 7.25. The van der Waals surface area contributed by atoms with Gasteiger partial charge >= 0.3 is 6.09 Å². The maximum Gasteiger partial charge on any atom is 0.411 e. The minimum absolute atomic E-state index is 0.0232. The van der Waals surface area contributed by atoms with Gasteiger partial charge in [0, 0.05) is 5.69 Å². The molecule has 0 saturated heterocycles. The van der Waals surface area contributed by atoms with Crippen molar-refractivity contribution in [3.8, 4) is 0 Å². The molecule has 3 aromatic carbocycles. The lowest BCUT2D eigenvalue weighted by Gasteiger charge is -2.10. The standard InChI is InChI=1S/C23H17ClFN3O3/c24-19-9-6-16(10-20(19)25)12-28-14-26-21-11-17(7-8-18(21)22(28)29)27-23(30)31-13-15-4-2-1-3-5-15/h1-11,14H,12-13H2,(H,27,30). The summed E-state index contributed by atoms with van der Waals surface area (Å²) in [6, 6.07) is 18.5. The van der Waals surface area contributed by atoms with E-state index in [2.05, 4.69) is 10.3 Å². The number of anilines is 1. The SMILES string of the molecule is O=C(Nc1ccc2c(=O)n(Cc3ccc(Cl)c(F)c3)cnc2c1)OCc1ccccc1. The molecule has 4 aromatic rings. The fraction of sp³-hybridized carbons (Fsp3) is 0.0870. The van der Waals surface area contributed by atoms with Gasteiger partial charge in [0.05, 0.1) is 28.8 Å². The molecule has 31 heavy (non-hydrogen) atoms. The van der Waals surface area contributed by atoms with Crippen LogP contribution in [0.15, 0.2) is 77.9 Å². The number of rotatable bonds is 5. The number of benzene rings is 3. The predicted octanol–water partition coefficient (Wildman–Crippen LogP) is 4.99. The van der Waals surface area contributed by atoms with Crippen molar-refractivity contribution in [2.24, 2.45) is 0 Å². The third-order valence-corrected chi connectivity index (χ3v) is 4.93. The number of nitrogens with zero attached hydrogens (tertiary/aromatic N) is 2. The van der Waals surface area contributed by atoms with Crippen molar-refractivity contribution in [1.29, 1.82) is 0 Å². The van der Waals surface area contributed by atoms with Crippen molar-refractivity contribution in [2.75, 3.05) is 5.32 Å². The van der Waals surface area contributed by atoms with Crippen molar-refractivity contribution in [3.05, 3.63) is 105 Å². The Kier molecular flexibility index (Phi) is 5.95. The Hall–Kier alpha value is -3.71. The van der Waals surface area contributed by atoms with Crippen LogP contribution < -0.4 is 10.9 Å². The zero-order chi connectivity index (χ0) is 21.8. The lowest BCUT2D eigenvalue weighted by molar-refractivity contribution is 0.155. The van der Waals surface area contributed by atoms with Crippen LogP contribution in [-0.4, -0.2) is 15.6 Å².